The zero-order chi connectivity index (χ0) is 15.9. The van der Waals surface area contributed by atoms with E-state index in [0.29, 0.717) is 11.1 Å². The highest BCUT2D eigenvalue weighted by molar-refractivity contribution is 5.95. The van der Waals surface area contributed by atoms with Crippen molar-refractivity contribution in [2.45, 2.75) is 0 Å². The molecule has 8 heteroatoms. The number of carbonyl (C=O) groups is 2. The molecule has 8 nitrogen and oxygen atoms in total. The van der Waals surface area contributed by atoms with Gasteiger partial charge in [-0.25, -0.2) is 0 Å². The monoisotopic (exact) mass is 300 g/mol. The predicted octanol–water partition coefficient (Wildman–Crippen LogP) is -0.430. The molecule has 0 atom stereocenters. The van der Waals surface area contributed by atoms with Crippen LogP contribution in [0.3, 0.4) is 0 Å². The molecule has 0 saturated heterocycles. The summed E-state index contributed by atoms with van der Waals surface area (Å²) in [6.07, 6.45) is 0. The Bertz CT molecular complexity index is 595. The third-order valence-corrected chi connectivity index (χ3v) is 3.00. The number of hydrogen-bond donors (Lipinski definition) is 6. The standard InChI is InChI=1S/C14H16N6O2/c15-19-17-13(21)11-5-1-9(2-6-11)10-3-7-12(8-4-10)14(22)18-20-16/h1-8,19-20H,15-16H2,(H,17,21)(H,18,22). The summed E-state index contributed by atoms with van der Waals surface area (Å²) in [7, 11) is 0. The van der Waals surface area contributed by atoms with Gasteiger partial charge in [-0.15, -0.1) is 0 Å². The second-order valence-corrected chi connectivity index (χ2v) is 4.35. The molecule has 0 aliphatic rings. The molecule has 0 bridgehead atoms. The van der Waals surface area contributed by atoms with Crippen LogP contribution >= 0.6 is 0 Å². The van der Waals surface area contributed by atoms with Gasteiger partial charge in [-0.3, -0.25) is 32.1 Å². The summed E-state index contributed by atoms with van der Waals surface area (Å²) in [6, 6.07) is 14.0. The molecule has 0 radical (unpaired) electrons. The van der Waals surface area contributed by atoms with E-state index >= 15 is 0 Å². The van der Waals surface area contributed by atoms with Gasteiger partial charge in [0.25, 0.3) is 11.8 Å². The molecular weight excluding hydrogens is 284 g/mol. The fourth-order valence-electron chi connectivity index (χ4n) is 1.90. The van der Waals surface area contributed by atoms with E-state index < -0.39 is 0 Å². The Labute approximate surface area is 126 Å². The first-order valence-electron chi connectivity index (χ1n) is 6.38. The molecule has 0 saturated carbocycles. The van der Waals surface area contributed by atoms with Crippen LogP contribution in [0.4, 0.5) is 0 Å². The second-order valence-electron chi connectivity index (χ2n) is 4.35. The zero-order valence-corrected chi connectivity index (χ0v) is 11.6. The lowest BCUT2D eigenvalue weighted by molar-refractivity contribution is 0.0925. The average Bonchev–Trinajstić information content (AvgIpc) is 2.55. The van der Waals surface area contributed by atoms with Crippen LogP contribution in [0.25, 0.3) is 11.1 Å². The molecule has 2 aromatic carbocycles. The number of nitrogens with two attached hydrogens (primary N) is 2. The van der Waals surface area contributed by atoms with E-state index in [4.69, 9.17) is 11.7 Å². The van der Waals surface area contributed by atoms with Crippen LogP contribution in [0, 0.1) is 0 Å². The first-order chi connectivity index (χ1) is 10.7. The molecule has 2 amide bonds. The van der Waals surface area contributed by atoms with Crippen molar-refractivity contribution in [2.24, 2.45) is 11.7 Å². The van der Waals surface area contributed by atoms with Crippen molar-refractivity contribution >= 4 is 11.8 Å². The molecular formula is C14H16N6O2. The Hall–Kier alpha value is -2.78. The van der Waals surface area contributed by atoms with Crippen molar-refractivity contribution in [3.05, 3.63) is 59.7 Å². The van der Waals surface area contributed by atoms with Crippen LogP contribution in [-0.2, 0) is 0 Å². The van der Waals surface area contributed by atoms with Gasteiger partial charge in [-0.1, -0.05) is 24.3 Å². The van der Waals surface area contributed by atoms with Crippen molar-refractivity contribution in [3.63, 3.8) is 0 Å². The summed E-state index contributed by atoms with van der Waals surface area (Å²) in [5.41, 5.74) is 11.5. The lowest BCUT2D eigenvalue weighted by atomic mass is 10.0. The number of rotatable bonds is 5. The molecule has 2 aromatic rings. The van der Waals surface area contributed by atoms with Gasteiger partial charge in [-0.2, -0.15) is 11.1 Å². The number of benzene rings is 2. The zero-order valence-electron chi connectivity index (χ0n) is 11.6. The summed E-state index contributed by atoms with van der Waals surface area (Å²) in [5.74, 6) is 9.39. The lowest BCUT2D eigenvalue weighted by Crippen LogP contribution is -2.42. The minimum Gasteiger partial charge on any atom is -0.274 e. The van der Waals surface area contributed by atoms with E-state index in [1.165, 1.54) is 0 Å². The highest BCUT2D eigenvalue weighted by Crippen LogP contribution is 2.20. The van der Waals surface area contributed by atoms with E-state index in [1.807, 2.05) is 24.3 Å². The highest BCUT2D eigenvalue weighted by atomic mass is 16.2. The molecule has 0 spiro atoms. The van der Waals surface area contributed by atoms with Crippen LogP contribution in [0.15, 0.2) is 48.5 Å². The largest absolute Gasteiger partial charge is 0.274 e. The van der Waals surface area contributed by atoms with Crippen LogP contribution in [-0.4, -0.2) is 11.8 Å². The maximum Gasteiger partial charge on any atom is 0.266 e. The number of hydrogen-bond acceptors (Lipinski definition) is 6. The van der Waals surface area contributed by atoms with Crippen molar-refractivity contribution in [2.75, 3.05) is 0 Å². The molecule has 0 aliphatic heterocycles. The van der Waals surface area contributed by atoms with Crippen LogP contribution < -0.4 is 33.6 Å². The Morgan fingerprint density at radius 3 is 1.23 bits per heavy atom. The Kier molecular flexibility index (Phi) is 5.17. The normalized spacial score (nSPS) is 10.1. The molecule has 0 unspecified atom stereocenters. The quantitative estimate of drug-likeness (QED) is 0.328. The van der Waals surface area contributed by atoms with E-state index in [1.54, 1.807) is 24.3 Å². The smallest absolute Gasteiger partial charge is 0.266 e. The summed E-state index contributed by atoms with van der Waals surface area (Å²) < 4.78 is 0. The van der Waals surface area contributed by atoms with Crippen molar-refractivity contribution < 1.29 is 9.59 Å². The number of hydrazine groups is 4. The second kappa shape index (κ2) is 7.29. The van der Waals surface area contributed by atoms with Crippen LogP contribution in [0.5, 0.6) is 0 Å². The topological polar surface area (TPSA) is 134 Å². The van der Waals surface area contributed by atoms with Gasteiger partial charge in [0.1, 0.15) is 0 Å². The lowest BCUT2D eigenvalue weighted by Gasteiger charge is -2.06. The van der Waals surface area contributed by atoms with Gasteiger partial charge in [0, 0.05) is 11.1 Å². The molecule has 2 rings (SSSR count). The van der Waals surface area contributed by atoms with E-state index in [0.717, 1.165) is 11.1 Å². The predicted molar refractivity (Wildman–Crippen MR) is 81.5 cm³/mol. The van der Waals surface area contributed by atoms with Gasteiger partial charge in [0.05, 0.1) is 0 Å². The average molecular weight is 300 g/mol. The summed E-state index contributed by atoms with van der Waals surface area (Å²) in [5, 5.41) is 0. The molecule has 22 heavy (non-hydrogen) atoms. The van der Waals surface area contributed by atoms with Crippen molar-refractivity contribution in [3.8, 4) is 11.1 Å². The van der Waals surface area contributed by atoms with Crippen LogP contribution in [0.2, 0.25) is 0 Å². The molecule has 0 heterocycles. The fourth-order valence-corrected chi connectivity index (χ4v) is 1.90. The van der Waals surface area contributed by atoms with Gasteiger partial charge in [-0.05, 0) is 35.4 Å². The maximum atomic E-state index is 11.6. The molecule has 0 fully saturated rings. The van der Waals surface area contributed by atoms with Gasteiger partial charge in [0.2, 0.25) is 0 Å². The van der Waals surface area contributed by atoms with E-state index in [9.17, 15) is 9.59 Å². The minimum absolute atomic E-state index is 0.324. The Morgan fingerprint density at radius 1 is 0.636 bits per heavy atom. The van der Waals surface area contributed by atoms with E-state index in [-0.39, 0.29) is 11.8 Å². The first kappa shape index (κ1) is 15.6. The van der Waals surface area contributed by atoms with Crippen molar-refractivity contribution in [1.29, 1.82) is 0 Å². The summed E-state index contributed by atoms with van der Waals surface area (Å²) in [6.45, 7) is 0. The molecule has 114 valence electrons. The van der Waals surface area contributed by atoms with Gasteiger partial charge < -0.3 is 0 Å². The third kappa shape index (κ3) is 3.65. The number of amides is 2. The highest BCUT2D eigenvalue weighted by Gasteiger charge is 2.07. The first-order valence-corrected chi connectivity index (χ1v) is 6.38. The number of carbonyl (C=O) groups excluding carboxylic acids is 2. The Morgan fingerprint density at radius 2 is 0.955 bits per heavy atom. The molecule has 0 aliphatic carbocycles. The summed E-state index contributed by atoms with van der Waals surface area (Å²) in [4.78, 5) is 23.1. The van der Waals surface area contributed by atoms with Gasteiger partial charge in [0.15, 0.2) is 0 Å². The van der Waals surface area contributed by atoms with Crippen molar-refractivity contribution in [1.82, 2.24) is 21.9 Å². The fraction of sp³-hybridized carbons (Fsp3) is 0. The number of nitrogens with one attached hydrogen (secondary N) is 4. The van der Waals surface area contributed by atoms with Crippen LogP contribution in [0.1, 0.15) is 20.7 Å². The molecule has 8 N–H and O–H groups in total. The maximum absolute atomic E-state index is 11.6. The molecule has 0 aromatic heterocycles. The Balaban J connectivity index is 2.15. The van der Waals surface area contributed by atoms with E-state index in [2.05, 4.69) is 21.9 Å². The van der Waals surface area contributed by atoms with Gasteiger partial charge >= 0.3 is 0 Å². The minimum atomic E-state index is -0.324. The third-order valence-electron chi connectivity index (χ3n) is 3.00. The summed E-state index contributed by atoms with van der Waals surface area (Å²) >= 11 is 0. The SMILES string of the molecule is NNNC(=O)c1ccc(-c2ccc(C(=O)NNN)cc2)cc1.